The average molecular weight is 1490 g/mol. The summed E-state index contributed by atoms with van der Waals surface area (Å²) in [4.78, 5) is 0. The van der Waals surface area contributed by atoms with E-state index in [2.05, 4.69) is 106 Å². The first-order chi connectivity index (χ1) is 48.6. The highest BCUT2D eigenvalue weighted by atomic mass is 32.2. The number of rotatable bonds is 14. The molecule has 0 aromatic carbocycles. The second kappa shape index (κ2) is 22.8. The third-order valence-electron chi connectivity index (χ3n) is 41.5. The van der Waals surface area contributed by atoms with Crippen LogP contribution >= 0.6 is 108 Å². The largest absolute Gasteiger partial charge is 0.176 e. The number of thiol groups is 3. The molecule has 0 radical (unpaired) electrons. The lowest BCUT2D eigenvalue weighted by atomic mass is 9.68. The van der Waals surface area contributed by atoms with Gasteiger partial charge < -0.3 is 0 Å². The van der Waals surface area contributed by atoms with Gasteiger partial charge in [0.05, 0.1) is 0 Å². The Bertz CT molecular complexity index is 3400. The van der Waals surface area contributed by atoms with E-state index in [1.807, 2.05) is 0 Å². The predicted molar refractivity (Wildman–Crippen MR) is 430 cm³/mol. The van der Waals surface area contributed by atoms with Gasteiger partial charge in [0.2, 0.25) is 0 Å². The standard InChI is InChI=1S/C90H122S9/c91-45-22-54-39-7-69(62(54)25-45)80(17-39)95-49-31-67-75(33-49)89-86(99-85-19-41-9-71(85)64-27-47(93)24-56(41)64)35-77(67)87(89)44-13-60-61(14-44)78-34-76(60)88(90(78)96-50-29-58-43-11-73(66(58)32-50)83(21-43)97-81-15-37-6-68(81)52-3-1-2-51(37)52)74-12-36-4-53(74)38-5-59(36)79(16-38)94-48-28-57-42-10-72(65(57)30-48)84(20-42)98-82-18-40-8-70(82)63-26-46(92)23-55(40)63/h1,3,12,14,36-43,45-73,75-93H,2,4-11,13,15-35H2. The van der Waals surface area contributed by atoms with Crippen molar-refractivity contribution >= 4 is 108 Å². The summed E-state index contributed by atoms with van der Waals surface area (Å²) in [5.74, 6) is 39.1. The minimum absolute atomic E-state index is 0.702. The van der Waals surface area contributed by atoms with Crippen LogP contribution in [-0.4, -0.2) is 78.7 Å². The Morgan fingerprint density at radius 2 is 0.697 bits per heavy atom. The van der Waals surface area contributed by atoms with Crippen LogP contribution in [0.3, 0.4) is 0 Å². The first-order valence-corrected chi connectivity index (χ1v) is 51.8. The summed E-state index contributed by atoms with van der Waals surface area (Å²) in [6.45, 7) is 0. The fraction of sp³-hybridized carbons (Fsp3) is 0.933. The monoisotopic (exact) mass is 1490 g/mol. The van der Waals surface area contributed by atoms with E-state index >= 15 is 0 Å². The number of allylic oxidation sites excluding steroid dienone is 6. The zero-order valence-electron chi connectivity index (χ0n) is 59.6. The fourth-order valence-corrected chi connectivity index (χ4v) is 53.5. The molecule has 27 rings (SSSR count). The second-order valence-electron chi connectivity index (χ2n) is 43.8. The van der Waals surface area contributed by atoms with Gasteiger partial charge in [0.15, 0.2) is 0 Å². The van der Waals surface area contributed by atoms with Crippen molar-refractivity contribution in [3.8, 4) is 0 Å². The lowest BCUT2D eigenvalue weighted by Gasteiger charge is -2.42. The first kappa shape index (κ1) is 62.9. The quantitative estimate of drug-likeness (QED) is 0.116. The molecule has 9 heteroatoms. The van der Waals surface area contributed by atoms with Crippen molar-refractivity contribution in [2.45, 2.75) is 278 Å². The van der Waals surface area contributed by atoms with Crippen molar-refractivity contribution in [1.29, 1.82) is 0 Å². The molecule has 0 spiro atoms. The third-order valence-corrected chi connectivity index (χ3v) is 53.1. The first-order valence-electron chi connectivity index (χ1n) is 44.6. The molecule has 0 amide bonds. The summed E-state index contributed by atoms with van der Waals surface area (Å²) in [6, 6.07) is 0. The van der Waals surface area contributed by atoms with Crippen LogP contribution in [0.1, 0.15) is 199 Å². The van der Waals surface area contributed by atoms with Crippen LogP contribution in [0.4, 0.5) is 0 Å². The van der Waals surface area contributed by atoms with Gasteiger partial charge in [-0.15, -0.1) is 0 Å². The molecule has 536 valence electrons. The summed E-state index contributed by atoms with van der Waals surface area (Å²) in [5.41, 5.74) is 4.31. The molecule has 0 aromatic rings. The molecule has 0 nitrogen and oxygen atoms in total. The lowest BCUT2D eigenvalue weighted by molar-refractivity contribution is 0.201. The highest BCUT2D eigenvalue weighted by molar-refractivity contribution is 8.01. The summed E-state index contributed by atoms with van der Waals surface area (Å²) in [7, 11) is 0. The Kier molecular flexibility index (Phi) is 14.5. The molecule has 0 saturated heterocycles. The zero-order valence-corrected chi connectivity index (χ0v) is 67.2. The van der Waals surface area contributed by atoms with Crippen LogP contribution < -0.4 is 0 Å². The maximum atomic E-state index is 5.20. The second-order valence-corrected chi connectivity index (χ2v) is 55.0. The molecule has 53 atom stereocenters. The van der Waals surface area contributed by atoms with Crippen LogP contribution in [0.2, 0.25) is 0 Å². The van der Waals surface area contributed by atoms with Crippen molar-refractivity contribution in [3.63, 3.8) is 0 Å². The van der Waals surface area contributed by atoms with E-state index in [9.17, 15) is 0 Å². The Morgan fingerprint density at radius 1 is 0.273 bits per heavy atom. The van der Waals surface area contributed by atoms with E-state index in [1.54, 1.807) is 154 Å². The van der Waals surface area contributed by atoms with Gasteiger partial charge in [-0.3, -0.25) is 0 Å². The minimum Gasteiger partial charge on any atom is -0.176 e. The van der Waals surface area contributed by atoms with Gasteiger partial charge in [0.25, 0.3) is 0 Å². The molecule has 99 heavy (non-hydrogen) atoms. The Morgan fingerprint density at radius 3 is 1.28 bits per heavy atom. The predicted octanol–water partition coefficient (Wildman–Crippen LogP) is 22.0. The van der Waals surface area contributed by atoms with Gasteiger partial charge in [-0.05, 0) is 424 Å². The van der Waals surface area contributed by atoms with Crippen molar-refractivity contribution in [2.24, 2.45) is 225 Å². The van der Waals surface area contributed by atoms with Gasteiger partial charge >= 0.3 is 0 Å². The van der Waals surface area contributed by atoms with Crippen molar-refractivity contribution in [2.75, 3.05) is 0 Å². The van der Waals surface area contributed by atoms with Gasteiger partial charge in [0.1, 0.15) is 0 Å². The zero-order chi connectivity index (χ0) is 63.7. The van der Waals surface area contributed by atoms with Crippen molar-refractivity contribution in [3.05, 3.63) is 35.5 Å². The summed E-state index contributed by atoms with van der Waals surface area (Å²) >= 11 is 31.4. The highest BCUT2D eigenvalue weighted by Crippen LogP contribution is 2.78. The van der Waals surface area contributed by atoms with E-state index in [1.165, 1.54) is 44.9 Å². The van der Waals surface area contributed by atoms with Crippen LogP contribution in [-0.2, 0) is 0 Å². The molecule has 27 aliphatic rings. The summed E-state index contributed by atoms with van der Waals surface area (Å²) in [6.07, 6.45) is 60.4. The lowest BCUT2D eigenvalue weighted by Crippen LogP contribution is -2.38. The molecule has 53 unspecified atom stereocenters. The van der Waals surface area contributed by atoms with Gasteiger partial charge in [0, 0.05) is 78.7 Å². The third kappa shape index (κ3) is 9.01. The summed E-state index contributed by atoms with van der Waals surface area (Å²) in [5, 5.41) is 13.9. The molecule has 24 fully saturated rings. The van der Waals surface area contributed by atoms with Crippen LogP contribution in [0, 0.1) is 225 Å². The maximum Gasteiger partial charge on any atom is 0.0152 e. The van der Waals surface area contributed by atoms with E-state index in [4.69, 9.17) is 37.9 Å². The number of hydrogen-bond donors (Lipinski definition) is 3. The Balaban J connectivity index is 0.458. The Labute approximate surface area is 640 Å². The van der Waals surface area contributed by atoms with E-state index in [0.29, 0.717) is 10.5 Å². The van der Waals surface area contributed by atoms with Crippen molar-refractivity contribution < 1.29 is 0 Å². The number of hydrogen-bond acceptors (Lipinski definition) is 9. The average Bonchev–Trinajstić information content (AvgIpc) is 1.53. The van der Waals surface area contributed by atoms with Gasteiger partial charge in [-0.2, -0.15) is 108 Å². The number of fused-ring (bicyclic) bond motifs is 46. The maximum absolute atomic E-state index is 5.20. The highest BCUT2D eigenvalue weighted by Gasteiger charge is 2.71. The molecular formula is C90H122S9. The van der Waals surface area contributed by atoms with E-state index in [0.717, 1.165) is 293 Å². The molecule has 20 bridgehead atoms. The van der Waals surface area contributed by atoms with Crippen molar-refractivity contribution in [1.82, 2.24) is 0 Å². The normalized spacial score (nSPS) is 67.5. The van der Waals surface area contributed by atoms with Gasteiger partial charge in [-0.25, -0.2) is 0 Å². The van der Waals surface area contributed by atoms with E-state index in [-0.39, 0.29) is 0 Å². The molecule has 0 aromatic heterocycles. The molecule has 0 aliphatic heterocycles. The number of thioether (sulfide) groups is 6. The summed E-state index contributed by atoms with van der Waals surface area (Å²) < 4.78 is 0. The Hall–Kier alpha value is 2.37. The molecule has 0 N–H and O–H groups in total. The van der Waals surface area contributed by atoms with E-state index < -0.39 is 0 Å². The molecule has 27 aliphatic carbocycles. The van der Waals surface area contributed by atoms with Crippen LogP contribution in [0.5, 0.6) is 0 Å². The molecular weight excluding hydrogens is 1370 g/mol. The van der Waals surface area contributed by atoms with Crippen LogP contribution in [0.15, 0.2) is 35.5 Å². The fourth-order valence-electron chi connectivity index (χ4n) is 39.2. The van der Waals surface area contributed by atoms with Gasteiger partial charge in [-0.1, -0.05) is 35.5 Å². The molecule has 24 saturated carbocycles. The minimum atomic E-state index is 0.702. The topological polar surface area (TPSA) is 0 Å². The van der Waals surface area contributed by atoms with Crippen LogP contribution in [0.25, 0.3) is 0 Å². The SMILES string of the molecule is SC1CC2C3CC(SC4CC5C6CC(SC7CC8CC7C7CC(S)CC87)C(C5C4)C6C4=CC5C(C4)C4CC5C(SC5CC6C7CC(SC8CC9CC8C8C=CCC98)C(C7)C6C5)C4C4=CC5CC4C4CC(SC6CC7C8CC(SC9CC%10CC9C9CC(S)CC%109)C(C8)C7C6)C5C4)C(C3)C2C1. The smallest absolute Gasteiger partial charge is 0.0152 e. The molecule has 0 heterocycles.